The van der Waals surface area contributed by atoms with E-state index in [1.807, 2.05) is 0 Å². The number of phenolic OH excluding ortho intramolecular Hbond substituents is 1. The summed E-state index contributed by atoms with van der Waals surface area (Å²) in [6.45, 7) is -0.0190. The molecule has 1 N–H and O–H groups in total. The van der Waals surface area contributed by atoms with Crippen LogP contribution in [0.1, 0.15) is 12.0 Å². The van der Waals surface area contributed by atoms with Crippen LogP contribution in [-0.4, -0.2) is 32.7 Å². The van der Waals surface area contributed by atoms with Gasteiger partial charge in [0.1, 0.15) is 10.1 Å². The highest BCUT2D eigenvalue weighted by Crippen LogP contribution is 2.34. The summed E-state index contributed by atoms with van der Waals surface area (Å²) in [6.07, 6.45) is 1.25. The van der Waals surface area contributed by atoms with Crippen molar-refractivity contribution < 1.29 is 19.8 Å². The molecule has 110 valence electrons. The van der Waals surface area contributed by atoms with Crippen LogP contribution >= 0.6 is 39.9 Å². The Labute approximate surface area is 138 Å². The number of aromatic hydroxyl groups is 1. The largest absolute Gasteiger partial charge is 0.550 e. The van der Waals surface area contributed by atoms with Gasteiger partial charge in [-0.25, -0.2) is 0 Å². The summed E-state index contributed by atoms with van der Waals surface area (Å²) < 4.78 is 1.06. The molecule has 0 bridgehead atoms. The van der Waals surface area contributed by atoms with Gasteiger partial charge in [-0.3, -0.25) is 9.69 Å². The van der Waals surface area contributed by atoms with E-state index in [-0.39, 0.29) is 24.6 Å². The second kappa shape index (κ2) is 6.59. The summed E-state index contributed by atoms with van der Waals surface area (Å²) in [5.41, 5.74) is 0.477. The predicted molar refractivity (Wildman–Crippen MR) is 85.3 cm³/mol. The summed E-state index contributed by atoms with van der Waals surface area (Å²) in [4.78, 5) is 24.2. The van der Waals surface area contributed by atoms with Crippen molar-refractivity contribution in [1.82, 2.24) is 4.90 Å². The van der Waals surface area contributed by atoms with Crippen LogP contribution < -0.4 is 5.11 Å². The number of hydrogen-bond acceptors (Lipinski definition) is 6. The molecule has 1 aromatic rings. The SMILES string of the molecule is O=C([O-])CCN1C(=O)/C(=C\c2cc(Br)ccc2O)SC1=S. The number of rotatable bonds is 4. The van der Waals surface area contributed by atoms with E-state index in [9.17, 15) is 19.8 Å². The standard InChI is InChI=1S/C13H10BrNO4S2/c14-8-1-2-9(16)7(5-8)6-10-12(19)15(13(20)21-10)4-3-11(17)18/h1-2,5-6,16H,3-4H2,(H,17,18)/p-1/b10-6+. The van der Waals surface area contributed by atoms with Gasteiger partial charge in [-0.2, -0.15) is 0 Å². The summed E-state index contributed by atoms with van der Waals surface area (Å²) in [5.74, 6) is -1.57. The average Bonchev–Trinajstić information content (AvgIpc) is 2.66. The Morgan fingerprint density at radius 3 is 2.90 bits per heavy atom. The lowest BCUT2D eigenvalue weighted by atomic mass is 10.2. The van der Waals surface area contributed by atoms with Crippen molar-refractivity contribution in [3.05, 3.63) is 33.1 Å². The molecule has 21 heavy (non-hydrogen) atoms. The van der Waals surface area contributed by atoms with E-state index in [1.54, 1.807) is 12.1 Å². The third-order valence-electron chi connectivity index (χ3n) is 2.69. The van der Waals surface area contributed by atoms with E-state index in [0.29, 0.717) is 14.8 Å². The van der Waals surface area contributed by atoms with Gasteiger partial charge in [0, 0.05) is 29.0 Å². The lowest BCUT2D eigenvalue weighted by Gasteiger charge is -2.14. The van der Waals surface area contributed by atoms with Crippen molar-refractivity contribution in [2.45, 2.75) is 6.42 Å². The van der Waals surface area contributed by atoms with Crippen LogP contribution in [-0.2, 0) is 9.59 Å². The fraction of sp³-hybridized carbons (Fsp3) is 0.154. The number of hydrogen-bond donors (Lipinski definition) is 1. The highest BCUT2D eigenvalue weighted by atomic mass is 79.9. The first-order valence-electron chi connectivity index (χ1n) is 5.82. The first kappa shape index (κ1) is 16.0. The number of carboxylic acid groups (broad SMARTS) is 1. The van der Waals surface area contributed by atoms with Crippen LogP contribution in [0.3, 0.4) is 0 Å². The van der Waals surface area contributed by atoms with E-state index in [0.717, 1.165) is 16.2 Å². The topological polar surface area (TPSA) is 80.7 Å². The number of phenols is 1. The van der Waals surface area contributed by atoms with Gasteiger partial charge in [-0.05, 0) is 24.3 Å². The molecule has 0 aromatic heterocycles. The van der Waals surface area contributed by atoms with Gasteiger partial charge in [0.2, 0.25) is 0 Å². The minimum atomic E-state index is -1.24. The third kappa shape index (κ3) is 3.84. The molecule has 1 fully saturated rings. The van der Waals surface area contributed by atoms with E-state index in [2.05, 4.69) is 15.9 Å². The van der Waals surface area contributed by atoms with Gasteiger partial charge in [0.05, 0.1) is 4.91 Å². The highest BCUT2D eigenvalue weighted by Gasteiger charge is 2.31. The van der Waals surface area contributed by atoms with E-state index < -0.39 is 5.97 Å². The molecule has 1 heterocycles. The molecule has 2 rings (SSSR count). The van der Waals surface area contributed by atoms with Gasteiger partial charge in [0.15, 0.2) is 0 Å². The number of halogens is 1. The lowest BCUT2D eigenvalue weighted by molar-refractivity contribution is -0.305. The van der Waals surface area contributed by atoms with Crippen molar-refractivity contribution in [3.8, 4) is 5.75 Å². The second-order valence-corrected chi connectivity index (χ2v) is 6.75. The quantitative estimate of drug-likeness (QED) is 0.623. The van der Waals surface area contributed by atoms with Crippen molar-refractivity contribution in [3.63, 3.8) is 0 Å². The summed E-state index contributed by atoms with van der Waals surface area (Å²) in [5, 5.41) is 20.2. The zero-order valence-corrected chi connectivity index (χ0v) is 13.8. The fourth-order valence-electron chi connectivity index (χ4n) is 1.68. The fourth-order valence-corrected chi connectivity index (χ4v) is 3.36. The lowest BCUT2D eigenvalue weighted by Crippen LogP contribution is -2.33. The number of carbonyl (C=O) groups is 2. The van der Waals surface area contributed by atoms with Crippen molar-refractivity contribution >= 4 is 62.2 Å². The summed E-state index contributed by atoms with van der Waals surface area (Å²) in [6, 6.07) is 4.85. The molecule has 0 aliphatic carbocycles. The number of thioether (sulfide) groups is 1. The second-order valence-electron chi connectivity index (χ2n) is 4.16. The van der Waals surface area contributed by atoms with Crippen LogP contribution in [0.4, 0.5) is 0 Å². The first-order chi connectivity index (χ1) is 9.88. The summed E-state index contributed by atoms with van der Waals surface area (Å²) in [7, 11) is 0. The zero-order valence-electron chi connectivity index (χ0n) is 10.5. The average molecular weight is 387 g/mol. The Hall–Kier alpha value is -1.38. The number of aliphatic carboxylic acids is 1. The highest BCUT2D eigenvalue weighted by molar-refractivity contribution is 9.10. The van der Waals surface area contributed by atoms with Crippen molar-refractivity contribution in [2.75, 3.05) is 6.54 Å². The number of benzene rings is 1. The maximum atomic E-state index is 12.2. The normalized spacial score (nSPS) is 16.8. The molecule has 1 amide bonds. The van der Waals surface area contributed by atoms with Crippen LogP contribution in [0.2, 0.25) is 0 Å². The molecular weight excluding hydrogens is 378 g/mol. The van der Waals surface area contributed by atoms with Gasteiger partial charge >= 0.3 is 0 Å². The predicted octanol–water partition coefficient (Wildman–Crippen LogP) is 1.50. The molecule has 5 nitrogen and oxygen atoms in total. The molecule has 0 atom stereocenters. The Kier molecular flexibility index (Phi) is 5.02. The molecule has 1 aromatic carbocycles. The van der Waals surface area contributed by atoms with Gasteiger partial charge in [0.25, 0.3) is 5.91 Å². The molecular formula is C13H9BrNO4S2-. The molecule has 1 saturated heterocycles. The van der Waals surface area contributed by atoms with Gasteiger partial charge in [-0.15, -0.1) is 0 Å². The number of thiocarbonyl (C=S) groups is 1. The molecule has 0 saturated carbocycles. The molecule has 8 heteroatoms. The molecule has 1 aliphatic heterocycles. The van der Waals surface area contributed by atoms with Gasteiger partial charge < -0.3 is 15.0 Å². The van der Waals surface area contributed by atoms with Crippen LogP contribution in [0.25, 0.3) is 6.08 Å². The Morgan fingerprint density at radius 1 is 1.52 bits per heavy atom. The first-order valence-corrected chi connectivity index (χ1v) is 7.84. The number of carboxylic acids is 1. The van der Waals surface area contributed by atoms with Crippen molar-refractivity contribution in [2.24, 2.45) is 0 Å². The smallest absolute Gasteiger partial charge is 0.266 e. The zero-order chi connectivity index (χ0) is 15.6. The van der Waals surface area contributed by atoms with E-state index >= 15 is 0 Å². The van der Waals surface area contributed by atoms with E-state index in [4.69, 9.17) is 12.2 Å². The Bertz CT molecular complexity index is 660. The molecule has 0 radical (unpaired) electrons. The number of carbonyl (C=O) groups excluding carboxylic acids is 2. The number of amides is 1. The Balaban J connectivity index is 2.23. The van der Waals surface area contributed by atoms with Gasteiger partial charge in [-0.1, -0.05) is 39.9 Å². The molecule has 0 unspecified atom stereocenters. The monoisotopic (exact) mass is 386 g/mol. The maximum Gasteiger partial charge on any atom is 0.266 e. The summed E-state index contributed by atoms with van der Waals surface area (Å²) >= 11 is 9.42. The number of nitrogens with zero attached hydrogens (tertiary/aromatic N) is 1. The van der Waals surface area contributed by atoms with Crippen LogP contribution in [0.5, 0.6) is 5.75 Å². The molecule has 0 spiro atoms. The van der Waals surface area contributed by atoms with E-state index in [1.165, 1.54) is 17.0 Å². The Morgan fingerprint density at radius 2 is 2.24 bits per heavy atom. The van der Waals surface area contributed by atoms with Crippen LogP contribution in [0.15, 0.2) is 27.6 Å². The third-order valence-corrected chi connectivity index (χ3v) is 4.56. The van der Waals surface area contributed by atoms with Crippen molar-refractivity contribution in [1.29, 1.82) is 0 Å². The maximum absolute atomic E-state index is 12.2. The minimum Gasteiger partial charge on any atom is -0.550 e. The van der Waals surface area contributed by atoms with Crippen LogP contribution in [0, 0.1) is 0 Å². The minimum absolute atomic E-state index is 0.0190. The molecule has 1 aliphatic rings.